The molecule has 1 fully saturated rings. The molecule has 0 aliphatic heterocycles. The molecule has 8 heteroatoms. The molecular weight excluding hydrogens is 500 g/mol. The van der Waals surface area contributed by atoms with Crippen LogP contribution in [0.5, 0.6) is 17.2 Å². The van der Waals surface area contributed by atoms with Crippen LogP contribution >= 0.6 is 11.6 Å². The van der Waals surface area contributed by atoms with Crippen molar-refractivity contribution in [3.05, 3.63) is 102 Å². The summed E-state index contributed by atoms with van der Waals surface area (Å²) in [7, 11) is 0. The lowest BCUT2D eigenvalue weighted by molar-refractivity contribution is 0.251. The van der Waals surface area contributed by atoms with Gasteiger partial charge in [-0.25, -0.2) is 9.78 Å². The highest BCUT2D eigenvalue weighted by Gasteiger charge is 2.23. The molecule has 190 valence electrons. The van der Waals surface area contributed by atoms with Gasteiger partial charge in [-0.1, -0.05) is 41.9 Å². The molecule has 1 aliphatic carbocycles. The number of aromatic nitrogens is 2. The summed E-state index contributed by atoms with van der Waals surface area (Å²) in [5.74, 6) is 2.00. The zero-order valence-corrected chi connectivity index (χ0v) is 21.2. The van der Waals surface area contributed by atoms with Crippen molar-refractivity contribution >= 4 is 34.4 Å². The van der Waals surface area contributed by atoms with Crippen LogP contribution in [0.4, 0.5) is 10.5 Å². The van der Waals surface area contributed by atoms with Gasteiger partial charge in [0, 0.05) is 24.0 Å². The molecule has 3 aromatic carbocycles. The lowest BCUT2D eigenvalue weighted by Crippen LogP contribution is -2.30. The summed E-state index contributed by atoms with van der Waals surface area (Å²) >= 11 is 6.41. The second-order valence-electron chi connectivity index (χ2n) is 9.17. The molecule has 1 aliphatic rings. The standard InChI is InChI=1S/C30H25ClN4O3/c31-25-16-23(12-13-26(25)35-30(36)33-21-8-9-21)38-28-14-15-32-29-24(28)17-27(34-29)20-6-10-22(11-7-20)37-18-19-4-2-1-3-5-19/h1-7,10-17,21H,8-9,18H2,(H,32,34)(H2,33,35,36). The number of nitrogens with one attached hydrogen (secondary N) is 3. The van der Waals surface area contributed by atoms with E-state index in [1.54, 1.807) is 24.4 Å². The molecule has 0 spiro atoms. The highest BCUT2D eigenvalue weighted by atomic mass is 35.5. The molecule has 0 saturated heterocycles. The van der Waals surface area contributed by atoms with E-state index in [0.717, 1.165) is 40.8 Å². The average Bonchev–Trinajstić information content (AvgIpc) is 3.63. The van der Waals surface area contributed by atoms with Crippen molar-refractivity contribution in [3.63, 3.8) is 0 Å². The maximum atomic E-state index is 12.0. The number of pyridine rings is 1. The Labute approximate surface area is 224 Å². The fourth-order valence-electron chi connectivity index (χ4n) is 4.08. The van der Waals surface area contributed by atoms with Gasteiger partial charge in [-0.2, -0.15) is 0 Å². The van der Waals surface area contributed by atoms with Crippen molar-refractivity contribution in [2.75, 3.05) is 5.32 Å². The number of carbonyl (C=O) groups is 1. The lowest BCUT2D eigenvalue weighted by Gasteiger charge is -2.11. The molecule has 6 rings (SSSR count). The van der Waals surface area contributed by atoms with Gasteiger partial charge in [0.05, 0.1) is 16.1 Å². The second kappa shape index (κ2) is 10.5. The van der Waals surface area contributed by atoms with Crippen molar-refractivity contribution in [1.29, 1.82) is 0 Å². The number of anilines is 1. The first kappa shape index (κ1) is 23.9. The van der Waals surface area contributed by atoms with E-state index in [1.807, 2.05) is 66.7 Å². The number of benzene rings is 3. The average molecular weight is 525 g/mol. The van der Waals surface area contributed by atoms with Crippen LogP contribution in [0.3, 0.4) is 0 Å². The number of carbonyl (C=O) groups excluding carboxylic acids is 1. The number of hydrogen-bond acceptors (Lipinski definition) is 4. The number of urea groups is 1. The summed E-state index contributed by atoms with van der Waals surface area (Å²) in [5, 5.41) is 6.89. The van der Waals surface area contributed by atoms with Crippen LogP contribution in [-0.4, -0.2) is 22.0 Å². The van der Waals surface area contributed by atoms with Gasteiger partial charge in [-0.15, -0.1) is 0 Å². The zero-order chi connectivity index (χ0) is 25.9. The van der Waals surface area contributed by atoms with Crippen LogP contribution in [0, 0.1) is 0 Å². The van der Waals surface area contributed by atoms with Crippen LogP contribution in [0.2, 0.25) is 5.02 Å². The Morgan fingerprint density at radius 2 is 1.76 bits per heavy atom. The Balaban J connectivity index is 1.16. The van der Waals surface area contributed by atoms with Crippen LogP contribution in [-0.2, 0) is 6.61 Å². The lowest BCUT2D eigenvalue weighted by atomic mass is 10.1. The first-order chi connectivity index (χ1) is 18.6. The number of aromatic amines is 1. The third-order valence-electron chi connectivity index (χ3n) is 6.23. The number of ether oxygens (including phenoxy) is 2. The Hall–Kier alpha value is -4.49. The SMILES string of the molecule is O=C(Nc1ccc(Oc2ccnc3[nH]c(-c4ccc(OCc5ccccc5)cc4)cc23)cc1Cl)NC1CC1. The Morgan fingerprint density at radius 1 is 0.974 bits per heavy atom. The maximum absolute atomic E-state index is 12.0. The summed E-state index contributed by atoms with van der Waals surface area (Å²) in [5.41, 5.74) is 4.28. The van der Waals surface area contributed by atoms with Gasteiger partial charge >= 0.3 is 6.03 Å². The molecule has 3 N–H and O–H groups in total. The zero-order valence-electron chi connectivity index (χ0n) is 20.4. The Bertz CT molecular complexity index is 1580. The van der Waals surface area contributed by atoms with Crippen LogP contribution < -0.4 is 20.1 Å². The van der Waals surface area contributed by atoms with E-state index in [1.165, 1.54) is 0 Å². The van der Waals surface area contributed by atoms with Crippen molar-refractivity contribution in [2.45, 2.75) is 25.5 Å². The number of fused-ring (bicyclic) bond motifs is 1. The number of rotatable bonds is 8. The number of halogens is 1. The van der Waals surface area contributed by atoms with Crippen LogP contribution in [0.1, 0.15) is 18.4 Å². The second-order valence-corrected chi connectivity index (χ2v) is 9.58. The molecule has 7 nitrogen and oxygen atoms in total. The largest absolute Gasteiger partial charge is 0.489 e. The molecular formula is C30H25ClN4O3. The van der Waals surface area contributed by atoms with E-state index in [2.05, 4.69) is 20.6 Å². The molecule has 38 heavy (non-hydrogen) atoms. The van der Waals surface area contributed by atoms with E-state index < -0.39 is 0 Å². The summed E-state index contributed by atoms with van der Waals surface area (Å²) in [4.78, 5) is 19.9. The fourth-order valence-corrected chi connectivity index (χ4v) is 4.30. The minimum absolute atomic E-state index is 0.255. The summed E-state index contributed by atoms with van der Waals surface area (Å²) in [6.07, 6.45) is 3.73. The van der Waals surface area contributed by atoms with E-state index in [4.69, 9.17) is 21.1 Å². The minimum atomic E-state index is -0.255. The smallest absolute Gasteiger partial charge is 0.319 e. The molecule has 2 amide bonds. The van der Waals surface area contributed by atoms with Crippen molar-refractivity contribution < 1.29 is 14.3 Å². The van der Waals surface area contributed by atoms with Gasteiger partial charge in [0.15, 0.2) is 0 Å². The number of nitrogens with zero attached hydrogens (tertiary/aromatic N) is 1. The number of hydrogen-bond donors (Lipinski definition) is 3. The van der Waals surface area contributed by atoms with Gasteiger partial charge < -0.3 is 25.1 Å². The molecule has 0 unspecified atom stereocenters. The Morgan fingerprint density at radius 3 is 2.53 bits per heavy atom. The van der Waals surface area contributed by atoms with Gasteiger partial charge in [-0.05, 0) is 72.5 Å². The van der Waals surface area contributed by atoms with E-state index >= 15 is 0 Å². The summed E-state index contributed by atoms with van der Waals surface area (Å²) in [6.45, 7) is 0.520. The predicted octanol–water partition coefficient (Wildman–Crippen LogP) is 7.54. The van der Waals surface area contributed by atoms with Crippen molar-refractivity contribution in [1.82, 2.24) is 15.3 Å². The van der Waals surface area contributed by atoms with Gasteiger partial charge in [0.2, 0.25) is 0 Å². The maximum Gasteiger partial charge on any atom is 0.319 e. The van der Waals surface area contributed by atoms with Gasteiger partial charge in [-0.3, -0.25) is 0 Å². The van der Waals surface area contributed by atoms with Crippen LogP contribution in [0.15, 0.2) is 91.1 Å². The molecule has 0 bridgehead atoms. The monoisotopic (exact) mass is 524 g/mol. The van der Waals surface area contributed by atoms with Gasteiger partial charge in [0.1, 0.15) is 29.5 Å². The normalized spacial score (nSPS) is 12.8. The summed E-state index contributed by atoms with van der Waals surface area (Å²) in [6, 6.07) is 27.0. The molecule has 2 aromatic heterocycles. The third-order valence-corrected chi connectivity index (χ3v) is 6.55. The van der Waals surface area contributed by atoms with Crippen LogP contribution in [0.25, 0.3) is 22.3 Å². The van der Waals surface area contributed by atoms with E-state index in [-0.39, 0.29) is 12.1 Å². The topological polar surface area (TPSA) is 88.3 Å². The van der Waals surface area contributed by atoms with E-state index in [0.29, 0.717) is 34.5 Å². The van der Waals surface area contributed by atoms with E-state index in [9.17, 15) is 4.79 Å². The van der Waals surface area contributed by atoms with Crippen molar-refractivity contribution in [3.8, 4) is 28.5 Å². The quantitative estimate of drug-likeness (QED) is 0.196. The molecule has 5 aromatic rings. The number of amides is 2. The first-order valence-electron chi connectivity index (χ1n) is 12.4. The summed E-state index contributed by atoms with van der Waals surface area (Å²) < 4.78 is 12.1. The fraction of sp³-hybridized carbons (Fsp3) is 0.133. The third kappa shape index (κ3) is 5.58. The molecule has 2 heterocycles. The highest BCUT2D eigenvalue weighted by molar-refractivity contribution is 6.33. The molecule has 1 saturated carbocycles. The molecule has 0 atom stereocenters. The molecule has 0 radical (unpaired) electrons. The highest BCUT2D eigenvalue weighted by Crippen LogP contribution is 2.35. The van der Waals surface area contributed by atoms with Gasteiger partial charge in [0.25, 0.3) is 0 Å². The predicted molar refractivity (Wildman–Crippen MR) is 149 cm³/mol. The minimum Gasteiger partial charge on any atom is -0.489 e. The van der Waals surface area contributed by atoms with Crippen molar-refractivity contribution in [2.24, 2.45) is 0 Å². The first-order valence-corrected chi connectivity index (χ1v) is 12.8. The number of H-pyrrole nitrogens is 1. The Kier molecular flexibility index (Phi) is 6.58.